The molecule has 0 aliphatic rings. The van der Waals surface area contributed by atoms with Crippen molar-refractivity contribution < 1.29 is 13.6 Å². The van der Waals surface area contributed by atoms with Gasteiger partial charge in [-0.2, -0.15) is 0 Å². The van der Waals surface area contributed by atoms with E-state index in [4.69, 9.17) is 0 Å². The van der Waals surface area contributed by atoms with E-state index in [0.29, 0.717) is 44.1 Å². The van der Waals surface area contributed by atoms with E-state index < -0.39 is 17.5 Å². The van der Waals surface area contributed by atoms with Crippen LogP contribution in [0.1, 0.15) is 21.6 Å². The van der Waals surface area contributed by atoms with Gasteiger partial charge in [-0.3, -0.25) is 19.3 Å². The Hall–Kier alpha value is -5.23. The summed E-state index contributed by atoms with van der Waals surface area (Å²) in [7, 11) is 0. The topological polar surface area (TPSA) is 118 Å². The van der Waals surface area contributed by atoms with Crippen LogP contribution in [0.15, 0.2) is 100 Å². The molecule has 12 heteroatoms. The van der Waals surface area contributed by atoms with Crippen molar-refractivity contribution in [1.82, 2.24) is 35.0 Å². The van der Waals surface area contributed by atoms with Crippen LogP contribution in [0.25, 0.3) is 28.1 Å². The number of benzene rings is 3. The molecule has 3 aromatic carbocycles. The van der Waals surface area contributed by atoms with E-state index in [2.05, 4.69) is 30.5 Å². The molecule has 0 unspecified atom stereocenters. The fraction of sp³-hybridized carbons (Fsp3) is 0.0667. The minimum absolute atomic E-state index is 0.107. The van der Waals surface area contributed by atoms with Crippen LogP contribution in [0.3, 0.4) is 0 Å². The fourth-order valence-corrected chi connectivity index (χ4v) is 5.05. The number of aryl methyl sites for hydroxylation is 1. The summed E-state index contributed by atoms with van der Waals surface area (Å²) in [4.78, 5) is 39.5. The fourth-order valence-electron chi connectivity index (χ4n) is 4.34. The molecular weight excluding hydrogens is 560 g/mol. The molecule has 0 spiro atoms. The maximum atomic E-state index is 13.9. The van der Waals surface area contributed by atoms with Crippen LogP contribution in [-0.4, -0.2) is 35.6 Å². The Morgan fingerprint density at radius 1 is 0.929 bits per heavy atom. The molecule has 0 saturated carbocycles. The second kappa shape index (κ2) is 11.3. The molecule has 0 aliphatic heterocycles. The molecule has 0 aliphatic carbocycles. The Morgan fingerprint density at radius 2 is 1.71 bits per heavy atom. The van der Waals surface area contributed by atoms with Crippen LogP contribution < -0.4 is 10.9 Å². The summed E-state index contributed by atoms with van der Waals surface area (Å²) < 4.78 is 28.5. The van der Waals surface area contributed by atoms with E-state index in [1.807, 2.05) is 37.3 Å². The number of fused-ring (bicyclic) bond motifs is 1. The van der Waals surface area contributed by atoms with E-state index >= 15 is 0 Å². The van der Waals surface area contributed by atoms with E-state index in [1.54, 1.807) is 30.3 Å². The first-order valence-electron chi connectivity index (χ1n) is 12.7. The van der Waals surface area contributed by atoms with Crippen molar-refractivity contribution in [3.8, 4) is 17.1 Å². The molecular formula is C30H21F2N7O2S. The van der Waals surface area contributed by atoms with Crippen LogP contribution >= 0.6 is 11.8 Å². The molecule has 1 amide bonds. The van der Waals surface area contributed by atoms with E-state index in [0.717, 1.165) is 29.5 Å². The van der Waals surface area contributed by atoms with Crippen LogP contribution in [0.4, 0.5) is 8.78 Å². The third kappa shape index (κ3) is 5.52. The van der Waals surface area contributed by atoms with Gasteiger partial charge in [-0.1, -0.05) is 36.4 Å². The van der Waals surface area contributed by atoms with Gasteiger partial charge in [-0.05, 0) is 55.1 Å². The van der Waals surface area contributed by atoms with Crippen LogP contribution in [0.5, 0.6) is 0 Å². The summed E-state index contributed by atoms with van der Waals surface area (Å²) in [5.41, 5.74) is 2.58. The molecule has 0 bridgehead atoms. The van der Waals surface area contributed by atoms with Gasteiger partial charge in [0.2, 0.25) is 5.16 Å². The molecule has 0 radical (unpaired) electrons. The van der Waals surface area contributed by atoms with Gasteiger partial charge in [-0.15, -0.1) is 5.10 Å². The van der Waals surface area contributed by atoms with Gasteiger partial charge in [0.25, 0.3) is 11.5 Å². The van der Waals surface area contributed by atoms with Crippen LogP contribution in [-0.2, 0) is 6.54 Å². The summed E-state index contributed by atoms with van der Waals surface area (Å²) >= 11 is 1.16. The SMILES string of the molecule is Cc1nc(Sc2n[nH]c(-c3ccccc3)n2)nc2c1ccc(=O)n2-c1ccc(C(=O)NCc2ccc(F)cc2F)cc1. The van der Waals surface area contributed by atoms with E-state index in [1.165, 1.54) is 16.7 Å². The third-order valence-electron chi connectivity index (χ3n) is 6.46. The number of nitrogens with zero attached hydrogens (tertiary/aromatic N) is 5. The van der Waals surface area contributed by atoms with Gasteiger partial charge in [-0.25, -0.2) is 23.7 Å². The predicted molar refractivity (Wildman–Crippen MR) is 153 cm³/mol. The third-order valence-corrected chi connectivity index (χ3v) is 7.19. The summed E-state index contributed by atoms with van der Waals surface area (Å²) in [5.74, 6) is -1.27. The number of aromatic nitrogens is 6. The van der Waals surface area contributed by atoms with Crippen molar-refractivity contribution in [3.05, 3.63) is 124 Å². The highest BCUT2D eigenvalue weighted by molar-refractivity contribution is 7.99. The van der Waals surface area contributed by atoms with Gasteiger partial charge >= 0.3 is 0 Å². The predicted octanol–water partition coefficient (Wildman–Crippen LogP) is 5.23. The second-order valence-corrected chi connectivity index (χ2v) is 10.2. The van der Waals surface area contributed by atoms with Crippen molar-refractivity contribution in [1.29, 1.82) is 0 Å². The summed E-state index contributed by atoms with van der Waals surface area (Å²) in [6.45, 7) is 1.72. The molecule has 9 nitrogen and oxygen atoms in total. The van der Waals surface area contributed by atoms with E-state index in [9.17, 15) is 18.4 Å². The standard InChI is InChI=1S/C30H21F2N7O2S/c1-17-23-13-14-25(40)39(22-11-8-19(9-12-22)28(41)33-16-20-7-10-21(31)15-24(20)32)27(23)36-29(34-17)42-30-35-26(37-38-30)18-5-3-2-4-6-18/h2-15H,16H2,1H3,(H,33,41)(H,35,37,38). The van der Waals surface area contributed by atoms with Crippen molar-refractivity contribution in [2.24, 2.45) is 0 Å². The summed E-state index contributed by atoms with van der Waals surface area (Å²) in [5, 5.41) is 11.3. The Labute approximate surface area is 241 Å². The lowest BCUT2D eigenvalue weighted by molar-refractivity contribution is 0.0950. The highest BCUT2D eigenvalue weighted by atomic mass is 32.2. The highest BCUT2D eigenvalue weighted by Gasteiger charge is 2.16. The van der Waals surface area contributed by atoms with Gasteiger partial charge in [0.1, 0.15) is 11.6 Å². The number of H-pyrrole nitrogens is 1. The quantitative estimate of drug-likeness (QED) is 0.248. The Balaban J connectivity index is 1.26. The van der Waals surface area contributed by atoms with Crippen molar-refractivity contribution in [2.75, 3.05) is 0 Å². The van der Waals surface area contributed by atoms with Crippen molar-refractivity contribution >= 4 is 28.7 Å². The number of hydrogen-bond acceptors (Lipinski definition) is 7. The first kappa shape index (κ1) is 27.0. The number of nitrogens with one attached hydrogen (secondary N) is 2. The molecule has 6 rings (SSSR count). The van der Waals surface area contributed by atoms with Crippen molar-refractivity contribution in [2.45, 2.75) is 23.8 Å². The van der Waals surface area contributed by atoms with Gasteiger partial charge < -0.3 is 5.32 Å². The van der Waals surface area contributed by atoms with Gasteiger partial charge in [0.05, 0.1) is 11.4 Å². The lowest BCUT2D eigenvalue weighted by Gasteiger charge is -2.12. The lowest BCUT2D eigenvalue weighted by atomic mass is 10.1. The zero-order valence-corrected chi connectivity index (χ0v) is 22.8. The second-order valence-electron chi connectivity index (χ2n) is 9.24. The number of carbonyl (C=O) groups is 1. The molecule has 3 heterocycles. The summed E-state index contributed by atoms with van der Waals surface area (Å²) in [6.07, 6.45) is 0. The zero-order chi connectivity index (χ0) is 29.2. The van der Waals surface area contributed by atoms with Gasteiger partial charge in [0, 0.05) is 40.8 Å². The minimum atomic E-state index is -0.740. The van der Waals surface area contributed by atoms with Gasteiger partial charge in [0.15, 0.2) is 16.6 Å². The average molecular weight is 582 g/mol. The minimum Gasteiger partial charge on any atom is -0.348 e. The number of aromatic amines is 1. The molecule has 0 atom stereocenters. The van der Waals surface area contributed by atoms with Crippen LogP contribution in [0, 0.1) is 18.6 Å². The molecule has 3 aromatic heterocycles. The molecule has 6 aromatic rings. The smallest absolute Gasteiger partial charge is 0.256 e. The van der Waals surface area contributed by atoms with E-state index in [-0.39, 0.29) is 17.7 Å². The zero-order valence-electron chi connectivity index (χ0n) is 22.0. The lowest BCUT2D eigenvalue weighted by Crippen LogP contribution is -2.23. The number of carbonyl (C=O) groups excluding carboxylic acids is 1. The molecule has 0 saturated heterocycles. The Bertz CT molecular complexity index is 1990. The highest BCUT2D eigenvalue weighted by Crippen LogP contribution is 2.27. The monoisotopic (exact) mass is 581 g/mol. The summed E-state index contributed by atoms with van der Waals surface area (Å²) in [6, 6.07) is 22.2. The number of halogens is 2. The maximum absolute atomic E-state index is 13.9. The first-order chi connectivity index (χ1) is 20.4. The molecule has 0 fully saturated rings. The van der Waals surface area contributed by atoms with Crippen LogP contribution in [0.2, 0.25) is 0 Å². The number of pyridine rings is 1. The Morgan fingerprint density at radius 3 is 2.48 bits per heavy atom. The number of amides is 1. The average Bonchev–Trinajstić information content (AvgIpc) is 3.45. The first-order valence-corrected chi connectivity index (χ1v) is 13.6. The molecule has 42 heavy (non-hydrogen) atoms. The normalized spacial score (nSPS) is 11.1. The molecule has 2 N–H and O–H groups in total. The van der Waals surface area contributed by atoms with Crippen molar-refractivity contribution in [3.63, 3.8) is 0 Å². The Kier molecular flexibility index (Phi) is 7.28. The molecule has 208 valence electrons. The number of rotatable bonds is 7. The maximum Gasteiger partial charge on any atom is 0.256 e. The number of hydrogen-bond donors (Lipinski definition) is 2. The largest absolute Gasteiger partial charge is 0.348 e.